The lowest BCUT2D eigenvalue weighted by Crippen LogP contribution is -2.70. The number of piperazine rings is 3. The number of rotatable bonds is 34. The highest BCUT2D eigenvalue weighted by Crippen LogP contribution is 2.22. The Bertz CT molecular complexity index is 3250. The second-order valence-corrected chi connectivity index (χ2v) is 29.6. The summed E-state index contributed by atoms with van der Waals surface area (Å²) in [7, 11) is 0. The third-order valence-corrected chi connectivity index (χ3v) is 21.1. The molecule has 46 nitrogen and oxygen atoms in total. The van der Waals surface area contributed by atoms with Crippen LogP contribution in [-0.4, -0.2) is 544 Å². The summed E-state index contributed by atoms with van der Waals surface area (Å²) in [6.07, 6.45) is 2.23. The number of nitrogens with one attached hydrogen (secondary N) is 2. The molecule has 6 fully saturated rings. The normalized spacial score (nSPS) is 21.9. The molecule has 0 aromatic carbocycles. The minimum atomic E-state index is -1.56. The Morgan fingerprint density at radius 3 is 0.835 bits per heavy atom. The van der Waals surface area contributed by atoms with E-state index in [1.807, 2.05) is 0 Å². The lowest BCUT2D eigenvalue weighted by molar-refractivity contribution is -0.160. The van der Waals surface area contributed by atoms with Crippen molar-refractivity contribution in [2.75, 3.05) is 308 Å². The highest BCUT2D eigenvalue weighted by atomic mass is 16.4. The number of carbonyl (C=O) groups excluding carboxylic acids is 6. The molecule has 6 amide bonds. The molecule has 0 aromatic heterocycles. The van der Waals surface area contributed by atoms with Crippen molar-refractivity contribution in [2.45, 2.75) is 43.8 Å². The van der Waals surface area contributed by atoms with Crippen molar-refractivity contribution in [1.82, 2.24) is 93.9 Å². The van der Waals surface area contributed by atoms with Gasteiger partial charge in [0.25, 0.3) is 0 Å². The summed E-state index contributed by atoms with van der Waals surface area (Å²) < 4.78 is 0. The first-order chi connectivity index (χ1) is 54.8. The molecule has 115 heavy (non-hydrogen) atoms. The van der Waals surface area contributed by atoms with Crippen molar-refractivity contribution in [3.8, 4) is 0 Å². The Hall–Kier alpha value is -9.16. The molecular formula is C69H116N22O24. The number of amides is 6. The Balaban J connectivity index is 1.33. The number of hydrogen-bond acceptors (Lipinski definition) is 29. The van der Waals surface area contributed by atoms with Crippen LogP contribution >= 0.6 is 0 Å². The van der Waals surface area contributed by atoms with Crippen LogP contribution in [0.2, 0.25) is 0 Å². The first-order valence-electron chi connectivity index (χ1n) is 38.9. The van der Waals surface area contributed by atoms with E-state index in [4.69, 9.17) is 5.53 Å². The zero-order valence-electron chi connectivity index (χ0n) is 65.4. The van der Waals surface area contributed by atoms with Gasteiger partial charge < -0.3 is 81.1 Å². The van der Waals surface area contributed by atoms with Crippen LogP contribution in [0.5, 0.6) is 0 Å². The molecule has 0 aromatic rings. The Kier molecular flexibility index (Phi) is 40.9. The second kappa shape index (κ2) is 49.7. The molecule has 6 aliphatic heterocycles. The third-order valence-electron chi connectivity index (χ3n) is 21.1. The van der Waals surface area contributed by atoms with E-state index >= 15 is 14.4 Å². The van der Waals surface area contributed by atoms with Crippen LogP contribution in [0.1, 0.15) is 25.7 Å². The van der Waals surface area contributed by atoms with Gasteiger partial charge >= 0.3 is 53.7 Å². The molecule has 3 unspecified atom stereocenters. The maximum atomic E-state index is 16.1. The van der Waals surface area contributed by atoms with E-state index in [0.717, 1.165) is 0 Å². The van der Waals surface area contributed by atoms with E-state index in [2.05, 4.69) is 20.7 Å². The fourth-order valence-corrected chi connectivity index (χ4v) is 14.8. The van der Waals surface area contributed by atoms with Gasteiger partial charge in [0.15, 0.2) is 0 Å². The molecule has 0 bridgehead atoms. The fraction of sp³-hybridized carbons (Fsp3) is 0.783. The van der Waals surface area contributed by atoms with Gasteiger partial charge in [-0.2, -0.15) is 0 Å². The van der Waals surface area contributed by atoms with E-state index in [1.165, 1.54) is 24.5 Å². The van der Waals surface area contributed by atoms with E-state index in [1.54, 1.807) is 58.8 Å². The summed E-state index contributed by atoms with van der Waals surface area (Å²) in [5.41, 5.74) is 8.79. The number of carboxylic acid groups (broad SMARTS) is 9. The van der Waals surface area contributed by atoms with Gasteiger partial charge in [-0.05, 0) is 18.4 Å². The standard InChI is InChI=1S/C69H116N22O24/c70-74-73-6-4-2-1-3-5-72-67(113)53-38-88(56(93)41-76-11-17-80(45-60(99)100)23-29-85(50-65(109)110)30-24-81(18-12-76)46-61(101)102)33-35-90(53)69(115)54-39-89(57(94)42-77-13-19-82(47-62(103)104)25-31-86(51-66(111)112)32-26-83(20-14-77)48-63(105)106)34-36-91(54)68(114)52-37-87(8-7-71-52)55(92)40-75-9-15-78(43-58(95)96)21-27-84(49-64(107)108)28-22-79(16-10-75)44-59(97)98/h52-54,71H,1-51H2,(H,72,113)(H,95,96)(H,97,98)(H,99,100)(H,101,102)(H,103,104)(H,105,106)(H,107,108)(H,109,110)(H,111,112). The zero-order chi connectivity index (χ0) is 84.1. The quantitative estimate of drug-likeness (QED) is 0.0123. The van der Waals surface area contributed by atoms with Crippen LogP contribution in [0, 0.1) is 0 Å². The maximum absolute atomic E-state index is 16.1. The van der Waals surface area contributed by atoms with Crippen LogP contribution in [0.15, 0.2) is 5.11 Å². The molecule has 0 spiro atoms. The Labute approximate surface area is 665 Å². The summed E-state index contributed by atoms with van der Waals surface area (Å²) in [6.45, 7) is -3.93. The summed E-state index contributed by atoms with van der Waals surface area (Å²) in [5.74, 6) is -14.1. The molecule has 46 heteroatoms. The smallest absolute Gasteiger partial charge is 0.317 e. The molecule has 6 rings (SSSR count). The van der Waals surface area contributed by atoms with Gasteiger partial charge in [0.1, 0.15) is 18.1 Å². The Morgan fingerprint density at radius 1 is 0.304 bits per heavy atom. The van der Waals surface area contributed by atoms with Gasteiger partial charge in [0.05, 0.1) is 91.6 Å². The highest BCUT2D eigenvalue weighted by Gasteiger charge is 2.47. The van der Waals surface area contributed by atoms with Gasteiger partial charge in [0.2, 0.25) is 35.4 Å². The van der Waals surface area contributed by atoms with Crippen molar-refractivity contribution >= 4 is 89.2 Å². The minimum absolute atomic E-state index is 0.0516. The van der Waals surface area contributed by atoms with Crippen LogP contribution in [0.3, 0.4) is 0 Å². The van der Waals surface area contributed by atoms with Crippen molar-refractivity contribution in [1.29, 1.82) is 0 Å². The van der Waals surface area contributed by atoms with Crippen LogP contribution in [0.25, 0.3) is 10.4 Å². The average Bonchev–Trinajstić information content (AvgIpc) is 0.776. The van der Waals surface area contributed by atoms with Crippen molar-refractivity contribution in [2.24, 2.45) is 5.11 Å². The van der Waals surface area contributed by atoms with Crippen molar-refractivity contribution in [3.63, 3.8) is 0 Å². The number of carbonyl (C=O) groups is 15. The van der Waals surface area contributed by atoms with Crippen LogP contribution in [0.4, 0.5) is 0 Å². The second-order valence-electron chi connectivity index (χ2n) is 29.6. The minimum Gasteiger partial charge on any atom is -0.480 e. The molecule has 3 atom stereocenters. The molecule has 0 aliphatic carbocycles. The van der Waals surface area contributed by atoms with Gasteiger partial charge in [-0.15, -0.1) is 0 Å². The van der Waals surface area contributed by atoms with Gasteiger partial charge in [-0.3, -0.25) is 131 Å². The monoisotopic (exact) mass is 1640 g/mol. The van der Waals surface area contributed by atoms with E-state index in [0.29, 0.717) is 25.7 Å². The van der Waals surface area contributed by atoms with E-state index < -0.39 is 166 Å². The zero-order valence-corrected chi connectivity index (χ0v) is 65.4. The van der Waals surface area contributed by atoms with Gasteiger partial charge in [-0.25, -0.2) is 0 Å². The number of nitrogens with zero attached hydrogens (tertiary/aromatic N) is 20. The largest absolute Gasteiger partial charge is 0.480 e. The molecule has 6 heterocycles. The molecule has 6 aliphatic rings. The fourth-order valence-electron chi connectivity index (χ4n) is 14.8. The van der Waals surface area contributed by atoms with Gasteiger partial charge in [0, 0.05) is 221 Å². The lowest BCUT2D eigenvalue weighted by Gasteiger charge is -2.47. The topological polar surface area (TPSA) is 566 Å². The number of carboxylic acids is 9. The number of unbranched alkanes of at least 4 members (excludes halogenated alkanes) is 3. The van der Waals surface area contributed by atoms with E-state index in [-0.39, 0.29) is 249 Å². The molecular weight excluding hydrogens is 1520 g/mol. The number of hydrogen-bond donors (Lipinski definition) is 11. The summed E-state index contributed by atoms with van der Waals surface area (Å²) in [4.78, 5) is 229. The third kappa shape index (κ3) is 35.5. The van der Waals surface area contributed by atoms with Crippen LogP contribution < -0.4 is 10.6 Å². The van der Waals surface area contributed by atoms with Crippen molar-refractivity contribution in [3.05, 3.63) is 10.4 Å². The highest BCUT2D eigenvalue weighted by molar-refractivity contribution is 5.95. The predicted octanol–water partition coefficient (Wildman–Crippen LogP) is -8.72. The lowest BCUT2D eigenvalue weighted by atomic mass is 10.0. The Morgan fingerprint density at radius 2 is 0.557 bits per heavy atom. The van der Waals surface area contributed by atoms with Gasteiger partial charge in [-0.1, -0.05) is 18.0 Å². The average molecular weight is 1640 g/mol. The molecule has 646 valence electrons. The first-order valence-corrected chi connectivity index (χ1v) is 38.9. The van der Waals surface area contributed by atoms with Crippen molar-refractivity contribution < 1.29 is 118 Å². The van der Waals surface area contributed by atoms with Crippen LogP contribution in [-0.2, 0) is 71.9 Å². The molecule has 0 radical (unpaired) electrons. The summed E-state index contributed by atoms with van der Waals surface area (Å²) >= 11 is 0. The van der Waals surface area contributed by atoms with E-state index in [9.17, 15) is 103 Å². The molecule has 6 saturated heterocycles. The number of azide groups is 1. The molecule has 0 saturated carbocycles. The number of aliphatic carboxylic acids is 9. The summed E-state index contributed by atoms with van der Waals surface area (Å²) in [6, 6.07) is -4.22. The SMILES string of the molecule is [N-]=[N+]=NCCCCCCNC(=O)C1CN(C(=O)CN2CCN(CC(=O)O)CCN(CC(=O)O)CCN(CC(=O)O)CC2)CCN1C(=O)C1CN(C(=O)CN2CCN(CC(=O)O)CCN(CC(=O)O)CCN(CC(=O)O)CC2)CCN1C(=O)C1CN(C(=O)CN2CCN(CC(=O)O)CCN(CC(=O)O)CCN(CC(=O)O)CC2)CCN1. The maximum Gasteiger partial charge on any atom is 0.317 e. The first kappa shape index (κ1) is 94.7. The summed E-state index contributed by atoms with van der Waals surface area (Å²) in [5, 5.41) is 98.1. The predicted molar refractivity (Wildman–Crippen MR) is 404 cm³/mol. The molecule has 11 N–H and O–H groups in total.